The second-order valence-corrected chi connectivity index (χ2v) is 8.92. The highest BCUT2D eigenvalue weighted by Gasteiger charge is 2.09. The molecule has 0 saturated carbocycles. The van der Waals surface area contributed by atoms with Crippen molar-refractivity contribution in [3.63, 3.8) is 0 Å². The lowest BCUT2D eigenvalue weighted by Gasteiger charge is -2.08. The van der Waals surface area contributed by atoms with E-state index in [2.05, 4.69) is 6.58 Å². The molecule has 8 nitrogen and oxygen atoms in total. The molecule has 0 aliphatic heterocycles. The van der Waals surface area contributed by atoms with Gasteiger partial charge >= 0.3 is 17.9 Å². The molecule has 0 atom stereocenters. The Kier molecular flexibility index (Phi) is 15.3. The van der Waals surface area contributed by atoms with Crippen molar-refractivity contribution >= 4 is 24.0 Å². The maximum atomic E-state index is 12.7. The predicted octanol–water partition coefficient (Wildman–Crippen LogP) is 7.14. The first-order chi connectivity index (χ1) is 20.3. The van der Waals surface area contributed by atoms with Crippen LogP contribution < -0.4 is 9.47 Å². The Hall–Kier alpha value is -4.85. The highest BCUT2D eigenvalue weighted by Crippen LogP contribution is 2.16. The third-order valence-corrected chi connectivity index (χ3v) is 5.62. The molecule has 2 rings (SSSR count). The minimum atomic E-state index is -0.536. The van der Waals surface area contributed by atoms with Gasteiger partial charge in [0.05, 0.1) is 25.9 Å². The maximum absolute atomic E-state index is 12.7. The molecule has 0 bridgehead atoms. The largest absolute Gasteiger partial charge is 0.497 e. The van der Waals surface area contributed by atoms with Gasteiger partial charge in [-0.2, -0.15) is 0 Å². The van der Waals surface area contributed by atoms with Gasteiger partial charge in [-0.05, 0) is 106 Å². The molecule has 0 saturated heterocycles. The Labute approximate surface area is 247 Å². The van der Waals surface area contributed by atoms with Crippen molar-refractivity contribution in [3.05, 3.63) is 114 Å². The predicted molar refractivity (Wildman–Crippen MR) is 162 cm³/mol. The van der Waals surface area contributed by atoms with Gasteiger partial charge in [-0.25, -0.2) is 14.4 Å². The van der Waals surface area contributed by atoms with E-state index in [1.165, 1.54) is 6.08 Å². The zero-order valence-electron chi connectivity index (χ0n) is 24.4. The molecule has 222 valence electrons. The van der Waals surface area contributed by atoms with Crippen LogP contribution in [0.1, 0.15) is 55.5 Å². The summed E-state index contributed by atoms with van der Waals surface area (Å²) in [6.07, 6.45) is 14.1. The number of allylic oxidation sites excluding steroid dienone is 5. The quantitative estimate of drug-likeness (QED) is 0.0491. The summed E-state index contributed by atoms with van der Waals surface area (Å²) < 4.78 is 26.6. The molecule has 0 amide bonds. The van der Waals surface area contributed by atoms with Gasteiger partial charge in [0, 0.05) is 12.2 Å². The van der Waals surface area contributed by atoms with Gasteiger partial charge in [-0.15, -0.1) is 0 Å². The molecule has 8 heteroatoms. The summed E-state index contributed by atoms with van der Waals surface area (Å²) in [6.45, 7) is 7.71. The van der Waals surface area contributed by atoms with Crippen molar-refractivity contribution in [2.45, 2.75) is 39.5 Å². The highest BCUT2D eigenvalue weighted by atomic mass is 16.5. The highest BCUT2D eigenvalue weighted by molar-refractivity contribution is 5.90. The number of hydrogen-bond donors (Lipinski definition) is 0. The van der Waals surface area contributed by atoms with Crippen molar-refractivity contribution in [1.82, 2.24) is 0 Å². The fourth-order valence-corrected chi connectivity index (χ4v) is 3.43. The lowest BCUT2D eigenvalue weighted by Crippen LogP contribution is -2.05. The van der Waals surface area contributed by atoms with Gasteiger partial charge in [-0.1, -0.05) is 24.8 Å². The van der Waals surface area contributed by atoms with Crippen LogP contribution in [0.4, 0.5) is 0 Å². The number of benzene rings is 2. The van der Waals surface area contributed by atoms with Crippen molar-refractivity contribution in [3.8, 4) is 11.5 Å². The number of carbonyl (C=O) groups excluding carboxylic acids is 3. The number of ether oxygens (including phenoxy) is 5. The number of rotatable bonds is 17. The summed E-state index contributed by atoms with van der Waals surface area (Å²) in [5, 5.41) is 0. The van der Waals surface area contributed by atoms with E-state index >= 15 is 0 Å². The lowest BCUT2D eigenvalue weighted by molar-refractivity contribution is -0.138. The van der Waals surface area contributed by atoms with Crippen LogP contribution in [0.2, 0.25) is 0 Å². The van der Waals surface area contributed by atoms with Crippen LogP contribution in [-0.2, 0) is 23.8 Å². The molecule has 0 N–H and O–H groups in total. The summed E-state index contributed by atoms with van der Waals surface area (Å²) >= 11 is 0. The van der Waals surface area contributed by atoms with Crippen LogP contribution in [0.3, 0.4) is 0 Å². The zero-order chi connectivity index (χ0) is 30.6. The van der Waals surface area contributed by atoms with Crippen LogP contribution in [0.5, 0.6) is 11.5 Å². The third-order valence-electron chi connectivity index (χ3n) is 5.62. The van der Waals surface area contributed by atoms with Gasteiger partial charge in [0.1, 0.15) is 23.0 Å². The topological polar surface area (TPSA) is 97.4 Å². The molecule has 42 heavy (non-hydrogen) atoms. The van der Waals surface area contributed by atoms with Crippen LogP contribution in [-0.4, -0.2) is 38.2 Å². The Morgan fingerprint density at radius 3 is 2.10 bits per heavy atom. The van der Waals surface area contributed by atoms with Crippen LogP contribution in [0.15, 0.2) is 103 Å². The standard InChI is InChI=1S/C34H38O8/c1-5-11-31(18-12-26(3)41-33(36)23-15-27-13-19-29(38-4)20-14-27)42-34(37)28-16-21-30(22-17-28)39-24-9-7-8-10-25-40-32(35)6-2/h5-6,11-23H,2,7-10,24-25H2,1,3-4H3/b11-5-,23-15+,26-12+,31-18+. The second-order valence-electron chi connectivity index (χ2n) is 8.92. The Morgan fingerprint density at radius 2 is 1.45 bits per heavy atom. The fourth-order valence-electron chi connectivity index (χ4n) is 3.43. The summed E-state index contributed by atoms with van der Waals surface area (Å²) in [5.74, 6) is 0.518. The third kappa shape index (κ3) is 13.5. The average Bonchev–Trinajstić information content (AvgIpc) is 3.00. The molecule has 0 spiro atoms. The minimum Gasteiger partial charge on any atom is -0.497 e. The van der Waals surface area contributed by atoms with Gasteiger partial charge < -0.3 is 23.7 Å². The van der Waals surface area contributed by atoms with E-state index in [4.69, 9.17) is 23.7 Å². The molecular weight excluding hydrogens is 536 g/mol. The van der Waals surface area contributed by atoms with Crippen LogP contribution in [0.25, 0.3) is 6.08 Å². The first kappa shape index (κ1) is 33.4. The van der Waals surface area contributed by atoms with Gasteiger partial charge in [-0.3, -0.25) is 0 Å². The molecular formula is C34H38O8. The second kappa shape index (κ2) is 19.3. The number of methoxy groups -OCH3 is 1. The monoisotopic (exact) mass is 574 g/mol. The molecule has 0 unspecified atom stereocenters. The number of hydrogen-bond acceptors (Lipinski definition) is 8. The van der Waals surface area contributed by atoms with Gasteiger partial charge in [0.25, 0.3) is 0 Å². The smallest absolute Gasteiger partial charge is 0.343 e. The number of unbranched alkanes of at least 4 members (excludes halogenated alkanes) is 3. The molecule has 0 aromatic heterocycles. The minimum absolute atomic E-state index is 0.284. The molecule has 2 aromatic carbocycles. The Bertz CT molecular complexity index is 1280. The van der Waals surface area contributed by atoms with E-state index in [-0.39, 0.29) is 5.76 Å². The number of carbonyl (C=O) groups is 3. The van der Waals surface area contributed by atoms with Gasteiger partial charge in [0.2, 0.25) is 0 Å². The Morgan fingerprint density at radius 1 is 0.786 bits per heavy atom. The van der Waals surface area contributed by atoms with Crippen molar-refractivity contribution < 1.29 is 38.1 Å². The summed E-state index contributed by atoms with van der Waals surface area (Å²) in [7, 11) is 1.59. The van der Waals surface area contributed by atoms with Gasteiger partial charge in [0.15, 0.2) is 0 Å². The molecule has 0 aliphatic rings. The normalized spacial score (nSPS) is 11.8. The van der Waals surface area contributed by atoms with Crippen molar-refractivity contribution in [2.24, 2.45) is 0 Å². The summed E-state index contributed by atoms with van der Waals surface area (Å²) in [5.41, 5.74) is 1.19. The van der Waals surface area contributed by atoms with E-state index in [0.29, 0.717) is 30.3 Å². The Balaban J connectivity index is 1.81. The van der Waals surface area contributed by atoms with E-state index < -0.39 is 17.9 Å². The summed E-state index contributed by atoms with van der Waals surface area (Å²) in [4.78, 5) is 35.8. The molecule has 2 aromatic rings. The average molecular weight is 575 g/mol. The molecule has 0 radical (unpaired) electrons. The molecule has 0 fully saturated rings. The van der Waals surface area contributed by atoms with Crippen molar-refractivity contribution in [2.75, 3.05) is 20.3 Å². The SMILES string of the molecule is C=CC(=O)OCCCCCCOc1ccc(C(=O)OC(/C=C\C)=C/C=C(\C)OC(=O)/C=C/c2ccc(OC)cc2)cc1. The van der Waals surface area contributed by atoms with Crippen LogP contribution in [0, 0.1) is 0 Å². The molecule has 0 heterocycles. The number of esters is 3. The van der Waals surface area contributed by atoms with Crippen molar-refractivity contribution in [1.29, 1.82) is 0 Å². The fraction of sp³-hybridized carbons (Fsp3) is 0.265. The lowest BCUT2D eigenvalue weighted by atomic mass is 10.2. The molecule has 0 aliphatic carbocycles. The first-order valence-electron chi connectivity index (χ1n) is 13.6. The first-order valence-corrected chi connectivity index (χ1v) is 13.6. The zero-order valence-corrected chi connectivity index (χ0v) is 24.4. The van der Waals surface area contributed by atoms with E-state index in [1.54, 1.807) is 87.7 Å². The maximum Gasteiger partial charge on any atom is 0.343 e. The summed E-state index contributed by atoms with van der Waals surface area (Å²) in [6, 6.07) is 13.9. The van der Waals surface area contributed by atoms with E-state index in [9.17, 15) is 14.4 Å². The van der Waals surface area contributed by atoms with E-state index in [1.807, 2.05) is 12.1 Å². The van der Waals surface area contributed by atoms with Crippen LogP contribution >= 0.6 is 0 Å². The van der Waals surface area contributed by atoms with E-state index in [0.717, 1.165) is 43.1 Å².